The van der Waals surface area contributed by atoms with Gasteiger partial charge in [0.1, 0.15) is 29.9 Å². The molecule has 1 spiro atoms. The number of piperazine rings is 1. The fourth-order valence-electron chi connectivity index (χ4n) is 11.5. The first kappa shape index (κ1) is 45.9. The molecular formula is C58H55N5O8. The van der Waals surface area contributed by atoms with E-state index in [0.29, 0.717) is 73.1 Å². The number of ether oxygens (including phenoxy) is 4. The van der Waals surface area contributed by atoms with E-state index in [1.165, 1.54) is 5.56 Å². The normalized spacial score (nSPS) is 23.4. The Balaban J connectivity index is 1.05. The number of rotatable bonds is 12. The summed E-state index contributed by atoms with van der Waals surface area (Å²) in [5.74, 6) is 6.01. The van der Waals surface area contributed by atoms with Crippen molar-refractivity contribution in [1.29, 1.82) is 0 Å². The molecule has 3 fully saturated rings. The van der Waals surface area contributed by atoms with Crippen LogP contribution in [-0.4, -0.2) is 108 Å². The van der Waals surface area contributed by atoms with Gasteiger partial charge in [0.05, 0.1) is 31.2 Å². The quantitative estimate of drug-likeness (QED) is 0.0983. The van der Waals surface area contributed by atoms with Crippen molar-refractivity contribution in [1.82, 2.24) is 19.6 Å². The Morgan fingerprint density at radius 1 is 0.789 bits per heavy atom. The minimum absolute atomic E-state index is 0.0168. The molecule has 6 aromatic carbocycles. The predicted octanol–water partition coefficient (Wildman–Crippen LogP) is 6.89. The van der Waals surface area contributed by atoms with Gasteiger partial charge in [0.15, 0.2) is 11.5 Å². The number of hydrogen-bond donors (Lipinski definition) is 2. The third-order valence-corrected chi connectivity index (χ3v) is 14.5. The molecule has 71 heavy (non-hydrogen) atoms. The summed E-state index contributed by atoms with van der Waals surface area (Å²) in [5.41, 5.74) is 4.49. The maximum Gasteiger partial charge on any atom is 0.324 e. The second-order valence-corrected chi connectivity index (χ2v) is 18.8. The molecular weight excluding hydrogens is 895 g/mol. The number of benzene rings is 6. The molecule has 13 nitrogen and oxygen atoms in total. The average Bonchev–Trinajstić information content (AvgIpc) is 4.09. The highest BCUT2D eigenvalue weighted by Gasteiger charge is 2.74. The number of esters is 1. The topological polar surface area (TPSA) is 133 Å². The number of cyclic esters (lactones) is 1. The summed E-state index contributed by atoms with van der Waals surface area (Å²) in [6.07, 6.45) is -0.824. The Morgan fingerprint density at radius 2 is 1.49 bits per heavy atom. The van der Waals surface area contributed by atoms with E-state index >= 15 is 14.4 Å². The lowest BCUT2D eigenvalue weighted by atomic mass is 9.64. The molecule has 5 aliphatic rings. The van der Waals surface area contributed by atoms with Crippen LogP contribution in [0.5, 0.6) is 17.2 Å². The lowest BCUT2D eigenvalue weighted by Crippen LogP contribution is -2.58. The molecule has 0 bridgehead atoms. The number of anilines is 1. The SMILES string of the molecule is CN(CC#Cc1ccc2c(c1)[C@]1(C(=O)N2)[C@H](c2ccccc2OCCO)N2[C@H](c3ccccc3)[C@H](c3ccccc3)OC(=O)[C@H]2[C@@H]1C(=O)N1CCN(Cc2ccc3c(c2)OCO3)CC1)Cc1ccccc1. The molecule has 11 rings (SSSR count). The largest absolute Gasteiger partial charge is 0.491 e. The number of amides is 2. The van der Waals surface area contributed by atoms with Crippen molar-refractivity contribution in [2.45, 2.75) is 42.7 Å². The molecule has 2 amide bonds. The highest BCUT2D eigenvalue weighted by Crippen LogP contribution is 2.66. The van der Waals surface area contributed by atoms with Gasteiger partial charge >= 0.3 is 5.97 Å². The van der Waals surface area contributed by atoms with Crippen LogP contribution in [0.3, 0.4) is 0 Å². The molecule has 3 saturated heterocycles. The molecule has 0 aliphatic carbocycles. The summed E-state index contributed by atoms with van der Waals surface area (Å²) in [6.45, 7) is 3.62. The summed E-state index contributed by atoms with van der Waals surface area (Å²) in [7, 11) is 2.02. The zero-order chi connectivity index (χ0) is 48.5. The van der Waals surface area contributed by atoms with Gasteiger partial charge in [0.25, 0.3) is 0 Å². The van der Waals surface area contributed by atoms with Crippen LogP contribution in [0.15, 0.2) is 152 Å². The van der Waals surface area contributed by atoms with E-state index in [0.717, 1.165) is 29.0 Å². The number of aliphatic hydroxyl groups excluding tert-OH is 1. The van der Waals surface area contributed by atoms with Crippen molar-refractivity contribution in [2.75, 3.05) is 65.1 Å². The standard InChI is InChI=1S/C58H55N5O8/c1-60(36-40-14-5-2-6-15-40)27-13-16-39-23-25-46-45(34-39)58(57(67)59-46)50(55(65)62-30-28-61(29-31-62)37-41-24-26-48-49(35-41)70-38-69-48)52-56(66)71-53(43-19-9-4-10-20-43)51(42-17-7-3-8-18-42)63(52)54(58)44-21-11-12-22-47(44)68-33-32-64/h2-12,14-15,17-26,34-35,50-54,64H,27-33,36-38H2,1H3,(H,59,67)/t50-,51-,52-,53+,54+,58-/m1/s1. The molecule has 2 N–H and O–H groups in total. The van der Waals surface area contributed by atoms with Crippen molar-refractivity contribution in [3.8, 4) is 29.1 Å². The number of fused-ring (bicyclic) bond motifs is 4. The van der Waals surface area contributed by atoms with E-state index in [2.05, 4.69) is 44.0 Å². The van der Waals surface area contributed by atoms with Crippen molar-refractivity contribution < 1.29 is 38.4 Å². The minimum Gasteiger partial charge on any atom is -0.491 e. The van der Waals surface area contributed by atoms with Crippen molar-refractivity contribution >= 4 is 23.5 Å². The van der Waals surface area contributed by atoms with Crippen molar-refractivity contribution in [3.05, 3.63) is 191 Å². The molecule has 360 valence electrons. The predicted molar refractivity (Wildman–Crippen MR) is 266 cm³/mol. The summed E-state index contributed by atoms with van der Waals surface area (Å²) >= 11 is 0. The van der Waals surface area contributed by atoms with Gasteiger partial charge in [-0.15, -0.1) is 0 Å². The second-order valence-electron chi connectivity index (χ2n) is 18.8. The van der Waals surface area contributed by atoms with Crippen LogP contribution >= 0.6 is 0 Å². The first-order valence-corrected chi connectivity index (χ1v) is 24.3. The summed E-state index contributed by atoms with van der Waals surface area (Å²) < 4.78 is 24.2. The first-order chi connectivity index (χ1) is 34.8. The van der Waals surface area contributed by atoms with E-state index in [9.17, 15) is 5.11 Å². The number of aliphatic hydroxyl groups is 1. The Labute approximate surface area is 413 Å². The molecule has 0 aromatic heterocycles. The molecule has 5 aliphatic heterocycles. The van der Waals surface area contributed by atoms with Gasteiger partial charge in [-0.25, -0.2) is 0 Å². The molecule has 6 atom stereocenters. The van der Waals surface area contributed by atoms with Crippen LogP contribution < -0.4 is 19.5 Å². The van der Waals surface area contributed by atoms with Gasteiger partial charge in [-0.2, -0.15) is 0 Å². The molecule has 0 unspecified atom stereocenters. The second kappa shape index (κ2) is 19.7. The molecule has 6 aromatic rings. The van der Waals surface area contributed by atoms with E-state index in [4.69, 9.17) is 18.9 Å². The Bertz CT molecular complexity index is 2990. The van der Waals surface area contributed by atoms with E-state index in [1.54, 1.807) is 0 Å². The Kier molecular flexibility index (Phi) is 12.8. The van der Waals surface area contributed by atoms with E-state index in [-0.39, 0.29) is 25.9 Å². The number of nitrogens with one attached hydrogen (secondary N) is 1. The van der Waals surface area contributed by atoms with E-state index < -0.39 is 47.4 Å². The maximum atomic E-state index is 16.2. The summed E-state index contributed by atoms with van der Waals surface area (Å²) in [4.78, 5) is 55.9. The lowest BCUT2D eigenvalue weighted by molar-refractivity contribution is -0.179. The Hall–Kier alpha value is -7.47. The highest BCUT2D eigenvalue weighted by molar-refractivity contribution is 6.12. The van der Waals surface area contributed by atoms with Crippen LogP contribution in [0.1, 0.15) is 57.1 Å². The number of carbonyl (C=O) groups is 3. The number of nitrogens with zero attached hydrogens (tertiary/aromatic N) is 4. The molecule has 5 heterocycles. The smallest absolute Gasteiger partial charge is 0.324 e. The lowest BCUT2D eigenvalue weighted by Gasteiger charge is -2.46. The fraction of sp³-hybridized carbons (Fsp3) is 0.293. The Morgan fingerprint density at radius 3 is 2.25 bits per heavy atom. The number of hydrogen-bond acceptors (Lipinski definition) is 11. The number of morpholine rings is 1. The third-order valence-electron chi connectivity index (χ3n) is 14.5. The van der Waals surface area contributed by atoms with Crippen LogP contribution in [0, 0.1) is 17.8 Å². The molecule has 0 radical (unpaired) electrons. The highest BCUT2D eigenvalue weighted by atomic mass is 16.7. The minimum atomic E-state index is -1.72. The van der Waals surface area contributed by atoms with Crippen LogP contribution in [0.4, 0.5) is 5.69 Å². The van der Waals surface area contributed by atoms with Crippen molar-refractivity contribution in [2.24, 2.45) is 5.92 Å². The van der Waals surface area contributed by atoms with Gasteiger partial charge in [-0.3, -0.25) is 29.1 Å². The monoisotopic (exact) mass is 949 g/mol. The van der Waals surface area contributed by atoms with Gasteiger partial charge in [0.2, 0.25) is 18.6 Å². The summed E-state index contributed by atoms with van der Waals surface area (Å²) in [6, 6.07) is 45.9. The number of para-hydroxylation sites is 1. The zero-order valence-electron chi connectivity index (χ0n) is 39.5. The van der Waals surface area contributed by atoms with Gasteiger partial charge in [-0.05, 0) is 71.3 Å². The zero-order valence-corrected chi connectivity index (χ0v) is 39.5. The van der Waals surface area contributed by atoms with Crippen molar-refractivity contribution in [3.63, 3.8) is 0 Å². The summed E-state index contributed by atoms with van der Waals surface area (Å²) in [5, 5.41) is 13.3. The third kappa shape index (κ3) is 8.57. The average molecular weight is 950 g/mol. The molecule has 13 heteroatoms. The first-order valence-electron chi connectivity index (χ1n) is 24.3. The van der Waals surface area contributed by atoms with Gasteiger partial charge in [0, 0.05) is 56.1 Å². The van der Waals surface area contributed by atoms with Crippen LogP contribution in [0.25, 0.3) is 0 Å². The molecule has 0 saturated carbocycles. The van der Waals surface area contributed by atoms with Gasteiger partial charge in [-0.1, -0.05) is 127 Å². The number of carbonyl (C=O) groups excluding carboxylic acids is 3. The van der Waals surface area contributed by atoms with Crippen LogP contribution in [0.2, 0.25) is 0 Å². The maximum absolute atomic E-state index is 16.2. The fourth-order valence-corrected chi connectivity index (χ4v) is 11.5. The van der Waals surface area contributed by atoms with Gasteiger partial charge < -0.3 is 34.3 Å². The van der Waals surface area contributed by atoms with Crippen LogP contribution in [-0.2, 0) is 37.6 Å². The van der Waals surface area contributed by atoms with E-state index in [1.807, 2.05) is 151 Å².